The van der Waals surface area contributed by atoms with Gasteiger partial charge in [0, 0.05) is 0 Å². The standard InChI is InChI=1S/C12H14O9S/c13-1-3-19-11(15)8-5-9(12(16)20-4-2-14)7-10(6-8)21-22(17)18/h5-7,13-14H,1-4H2,(H,17,18)/p-1. The van der Waals surface area contributed by atoms with Crippen LogP contribution >= 0.6 is 0 Å². The highest BCUT2D eigenvalue weighted by Gasteiger charge is 2.16. The molecule has 0 amide bonds. The van der Waals surface area contributed by atoms with Crippen LogP contribution in [0.3, 0.4) is 0 Å². The van der Waals surface area contributed by atoms with Crippen LogP contribution < -0.4 is 4.18 Å². The van der Waals surface area contributed by atoms with Gasteiger partial charge in [-0.1, -0.05) is 0 Å². The van der Waals surface area contributed by atoms with Crippen LogP contribution in [0.15, 0.2) is 18.2 Å². The Morgan fingerprint density at radius 1 is 1.00 bits per heavy atom. The lowest BCUT2D eigenvalue weighted by molar-refractivity contribution is 0.0429. The molecule has 1 aromatic carbocycles. The molecule has 1 atom stereocenters. The molecule has 0 radical (unpaired) electrons. The third-order valence-electron chi connectivity index (χ3n) is 2.19. The predicted molar refractivity (Wildman–Crippen MR) is 70.7 cm³/mol. The Kier molecular flexibility index (Phi) is 7.46. The summed E-state index contributed by atoms with van der Waals surface area (Å²) in [5, 5.41) is 17.2. The lowest BCUT2D eigenvalue weighted by atomic mass is 10.1. The molecule has 10 heteroatoms. The van der Waals surface area contributed by atoms with Gasteiger partial charge < -0.3 is 28.4 Å². The molecule has 1 unspecified atom stereocenters. The SMILES string of the molecule is O=C(OCCO)c1cc(OS(=O)[O-])cc(C(=O)OCCO)c1. The first-order chi connectivity index (χ1) is 10.5. The molecule has 2 N–H and O–H groups in total. The average Bonchev–Trinajstić information content (AvgIpc) is 2.49. The van der Waals surface area contributed by atoms with E-state index in [2.05, 4.69) is 13.7 Å². The van der Waals surface area contributed by atoms with Crippen molar-refractivity contribution in [2.24, 2.45) is 0 Å². The highest BCUT2D eigenvalue weighted by molar-refractivity contribution is 7.74. The van der Waals surface area contributed by atoms with Crippen LogP contribution in [0.25, 0.3) is 0 Å². The number of aliphatic hydroxyl groups is 2. The normalized spacial score (nSPS) is 11.6. The van der Waals surface area contributed by atoms with Crippen molar-refractivity contribution >= 4 is 23.3 Å². The van der Waals surface area contributed by atoms with Crippen LogP contribution in [-0.4, -0.2) is 57.3 Å². The van der Waals surface area contributed by atoms with E-state index in [4.69, 9.17) is 10.2 Å². The van der Waals surface area contributed by atoms with E-state index in [1.807, 2.05) is 0 Å². The van der Waals surface area contributed by atoms with E-state index in [0.29, 0.717) is 0 Å². The van der Waals surface area contributed by atoms with E-state index < -0.39 is 36.5 Å². The van der Waals surface area contributed by atoms with E-state index in [-0.39, 0.29) is 30.1 Å². The second kappa shape index (κ2) is 9.10. The lowest BCUT2D eigenvalue weighted by Gasteiger charge is -2.11. The molecular weight excluding hydrogens is 320 g/mol. The molecule has 1 aromatic rings. The number of carbonyl (C=O) groups excluding carboxylic acids is 2. The van der Waals surface area contributed by atoms with Gasteiger partial charge in [0.15, 0.2) is 0 Å². The maximum atomic E-state index is 11.7. The molecule has 0 aliphatic rings. The van der Waals surface area contributed by atoms with E-state index >= 15 is 0 Å². The second-order valence-corrected chi connectivity index (χ2v) is 4.33. The van der Waals surface area contributed by atoms with Crippen LogP contribution in [0.4, 0.5) is 0 Å². The summed E-state index contributed by atoms with van der Waals surface area (Å²) in [6, 6.07) is 3.22. The van der Waals surface area contributed by atoms with Crippen molar-refractivity contribution in [1.29, 1.82) is 0 Å². The van der Waals surface area contributed by atoms with Crippen molar-refractivity contribution in [2.75, 3.05) is 26.4 Å². The van der Waals surface area contributed by atoms with Gasteiger partial charge in [-0.05, 0) is 18.2 Å². The third kappa shape index (κ3) is 5.77. The Morgan fingerprint density at radius 3 is 1.82 bits per heavy atom. The molecule has 9 nitrogen and oxygen atoms in total. The Bertz CT molecular complexity index is 519. The van der Waals surface area contributed by atoms with Crippen LogP contribution in [0, 0.1) is 0 Å². The van der Waals surface area contributed by atoms with Gasteiger partial charge in [-0.15, -0.1) is 0 Å². The minimum absolute atomic E-state index is 0.160. The summed E-state index contributed by atoms with van der Waals surface area (Å²) in [7, 11) is 0. The summed E-state index contributed by atoms with van der Waals surface area (Å²) in [5.74, 6) is -2.05. The van der Waals surface area contributed by atoms with Crippen molar-refractivity contribution in [3.05, 3.63) is 29.3 Å². The van der Waals surface area contributed by atoms with Gasteiger partial charge in [0.05, 0.1) is 24.3 Å². The van der Waals surface area contributed by atoms with E-state index in [1.165, 1.54) is 0 Å². The number of hydrogen-bond donors (Lipinski definition) is 2. The minimum atomic E-state index is -2.90. The molecule has 0 aliphatic carbocycles. The van der Waals surface area contributed by atoms with Gasteiger partial charge in [-0.3, -0.25) is 0 Å². The molecule has 0 bridgehead atoms. The van der Waals surface area contributed by atoms with Crippen molar-refractivity contribution in [3.63, 3.8) is 0 Å². The summed E-state index contributed by atoms with van der Waals surface area (Å²) in [6.07, 6.45) is 0. The molecule has 0 saturated carbocycles. The number of ether oxygens (including phenoxy) is 2. The predicted octanol–water partition coefficient (Wildman–Crippen LogP) is -0.842. The first kappa shape index (κ1) is 18.0. The zero-order chi connectivity index (χ0) is 16.5. The van der Waals surface area contributed by atoms with Crippen LogP contribution in [-0.2, 0) is 20.8 Å². The largest absolute Gasteiger partial charge is 0.740 e. The Balaban J connectivity index is 3.06. The van der Waals surface area contributed by atoms with Crippen molar-refractivity contribution < 1.29 is 42.2 Å². The molecule has 0 aliphatic heterocycles. The van der Waals surface area contributed by atoms with Crippen molar-refractivity contribution in [2.45, 2.75) is 0 Å². The van der Waals surface area contributed by atoms with E-state index in [0.717, 1.165) is 18.2 Å². The van der Waals surface area contributed by atoms with E-state index in [9.17, 15) is 18.4 Å². The summed E-state index contributed by atoms with van der Waals surface area (Å²) >= 11 is -2.90. The van der Waals surface area contributed by atoms with Gasteiger partial charge in [0.1, 0.15) is 30.3 Å². The highest BCUT2D eigenvalue weighted by atomic mass is 32.2. The lowest BCUT2D eigenvalue weighted by Crippen LogP contribution is -2.13. The number of carbonyl (C=O) groups is 2. The number of rotatable bonds is 8. The molecule has 0 aromatic heterocycles. The Hall–Kier alpha value is -2.01. The monoisotopic (exact) mass is 333 g/mol. The molecule has 1 rings (SSSR count). The van der Waals surface area contributed by atoms with Crippen molar-refractivity contribution in [1.82, 2.24) is 0 Å². The second-order valence-electron chi connectivity index (χ2n) is 3.75. The topological polar surface area (TPSA) is 142 Å². The summed E-state index contributed by atoms with van der Waals surface area (Å²) in [4.78, 5) is 23.4. The molecular formula is C12H13O9S-. The zero-order valence-corrected chi connectivity index (χ0v) is 12.0. The molecule has 0 fully saturated rings. The van der Waals surface area contributed by atoms with Crippen LogP contribution in [0.1, 0.15) is 20.7 Å². The van der Waals surface area contributed by atoms with Crippen molar-refractivity contribution in [3.8, 4) is 5.75 Å². The van der Waals surface area contributed by atoms with Gasteiger partial charge in [0.25, 0.3) is 0 Å². The number of hydrogen-bond acceptors (Lipinski definition) is 9. The van der Waals surface area contributed by atoms with Crippen LogP contribution in [0.5, 0.6) is 5.75 Å². The maximum Gasteiger partial charge on any atom is 0.338 e. The summed E-state index contributed by atoms with van der Waals surface area (Å²) < 4.78 is 34.8. The fourth-order valence-corrected chi connectivity index (χ4v) is 1.66. The fourth-order valence-electron chi connectivity index (χ4n) is 1.40. The van der Waals surface area contributed by atoms with Crippen LogP contribution in [0.2, 0.25) is 0 Å². The molecule has 0 spiro atoms. The summed E-state index contributed by atoms with van der Waals surface area (Å²) in [5.41, 5.74) is -0.320. The molecule has 0 heterocycles. The Labute approximate surface area is 127 Å². The Morgan fingerprint density at radius 2 is 1.45 bits per heavy atom. The number of aliphatic hydroxyl groups excluding tert-OH is 2. The maximum absolute atomic E-state index is 11.7. The number of esters is 2. The minimum Gasteiger partial charge on any atom is -0.740 e. The molecule has 22 heavy (non-hydrogen) atoms. The number of benzene rings is 1. The highest BCUT2D eigenvalue weighted by Crippen LogP contribution is 2.20. The van der Waals surface area contributed by atoms with Gasteiger partial charge >= 0.3 is 11.9 Å². The zero-order valence-electron chi connectivity index (χ0n) is 11.2. The first-order valence-electron chi connectivity index (χ1n) is 5.96. The van der Waals surface area contributed by atoms with Gasteiger partial charge in [0.2, 0.25) is 0 Å². The average molecular weight is 333 g/mol. The van der Waals surface area contributed by atoms with E-state index in [1.54, 1.807) is 0 Å². The molecule has 122 valence electrons. The van der Waals surface area contributed by atoms with Gasteiger partial charge in [-0.25, -0.2) is 13.8 Å². The fraction of sp³-hybridized carbons (Fsp3) is 0.333. The molecule has 0 saturated heterocycles. The van der Waals surface area contributed by atoms with Gasteiger partial charge in [-0.2, -0.15) is 0 Å². The quantitative estimate of drug-likeness (QED) is 0.459. The third-order valence-corrected chi connectivity index (χ3v) is 2.52. The first-order valence-corrected chi connectivity index (χ1v) is 6.96. The summed E-state index contributed by atoms with van der Waals surface area (Å²) in [6.45, 7) is -1.31. The smallest absolute Gasteiger partial charge is 0.338 e.